The summed E-state index contributed by atoms with van der Waals surface area (Å²) in [6, 6.07) is 0.551. The summed E-state index contributed by atoms with van der Waals surface area (Å²) >= 11 is 5.79. The number of halogens is 1. The molecule has 2 heterocycles. The van der Waals surface area contributed by atoms with Gasteiger partial charge in [-0.25, -0.2) is 4.98 Å². The van der Waals surface area contributed by atoms with Crippen LogP contribution in [-0.2, 0) is 11.8 Å². The molecule has 0 aliphatic rings. The average Bonchev–Trinajstić information content (AvgIpc) is 2.83. The lowest BCUT2D eigenvalue weighted by Crippen LogP contribution is -2.28. The molecule has 8 nitrogen and oxygen atoms in total. The number of methoxy groups -OCH3 is 1. The predicted molar refractivity (Wildman–Crippen MR) is 72.4 cm³/mol. The van der Waals surface area contributed by atoms with E-state index >= 15 is 0 Å². The standard InChI is InChI=1S/C11H13ClN6O2/c1-18-5-6(4-14-18)9(13)10(19)17-11-15-7(12)3-8(16-11)20-2/h3-5,9H,13H2,1-2H3,(H,15,16,17,19). The number of aryl methyl sites for hydroxylation is 1. The number of hydrogen-bond donors (Lipinski definition) is 2. The Hall–Kier alpha value is -2.19. The zero-order valence-corrected chi connectivity index (χ0v) is 11.6. The lowest BCUT2D eigenvalue weighted by molar-refractivity contribution is -0.117. The van der Waals surface area contributed by atoms with Crippen molar-refractivity contribution in [3.05, 3.63) is 29.2 Å². The van der Waals surface area contributed by atoms with Gasteiger partial charge in [0.25, 0.3) is 0 Å². The summed E-state index contributed by atoms with van der Waals surface area (Å²) in [5.74, 6) is -0.198. The number of anilines is 1. The lowest BCUT2D eigenvalue weighted by atomic mass is 10.1. The maximum Gasteiger partial charge on any atom is 0.248 e. The van der Waals surface area contributed by atoms with E-state index in [1.807, 2.05) is 0 Å². The fraction of sp³-hybridized carbons (Fsp3) is 0.273. The molecule has 0 aliphatic carbocycles. The summed E-state index contributed by atoms with van der Waals surface area (Å²) in [5, 5.41) is 6.58. The van der Waals surface area contributed by atoms with Gasteiger partial charge in [0.1, 0.15) is 11.2 Å². The molecule has 9 heteroatoms. The number of carbonyl (C=O) groups is 1. The van der Waals surface area contributed by atoms with Crippen molar-refractivity contribution >= 4 is 23.5 Å². The van der Waals surface area contributed by atoms with Crippen molar-refractivity contribution in [1.82, 2.24) is 19.7 Å². The van der Waals surface area contributed by atoms with E-state index in [1.165, 1.54) is 19.4 Å². The van der Waals surface area contributed by atoms with E-state index in [-0.39, 0.29) is 17.0 Å². The van der Waals surface area contributed by atoms with Gasteiger partial charge in [-0.1, -0.05) is 11.6 Å². The molecule has 0 aliphatic heterocycles. The van der Waals surface area contributed by atoms with Crippen molar-refractivity contribution in [2.45, 2.75) is 6.04 Å². The molecule has 0 saturated carbocycles. The molecule has 2 aromatic rings. The molecule has 106 valence electrons. The zero-order valence-electron chi connectivity index (χ0n) is 10.9. The van der Waals surface area contributed by atoms with Crippen molar-refractivity contribution in [2.75, 3.05) is 12.4 Å². The molecule has 0 saturated heterocycles. The molecule has 0 fully saturated rings. The van der Waals surface area contributed by atoms with Crippen LogP contribution >= 0.6 is 11.6 Å². The van der Waals surface area contributed by atoms with Crippen LogP contribution in [0.4, 0.5) is 5.95 Å². The number of aromatic nitrogens is 4. The second-order valence-corrected chi connectivity index (χ2v) is 4.36. The van der Waals surface area contributed by atoms with Crippen molar-refractivity contribution in [3.8, 4) is 5.88 Å². The molecule has 3 N–H and O–H groups in total. The number of rotatable bonds is 4. The Kier molecular flexibility index (Phi) is 4.16. The van der Waals surface area contributed by atoms with E-state index in [2.05, 4.69) is 20.4 Å². The minimum Gasteiger partial charge on any atom is -0.481 e. The summed E-state index contributed by atoms with van der Waals surface area (Å²) < 4.78 is 6.49. The van der Waals surface area contributed by atoms with Gasteiger partial charge in [-0.2, -0.15) is 10.1 Å². The minimum atomic E-state index is -0.878. The van der Waals surface area contributed by atoms with E-state index in [0.29, 0.717) is 5.56 Å². The lowest BCUT2D eigenvalue weighted by Gasteiger charge is -2.10. The number of hydrogen-bond acceptors (Lipinski definition) is 6. The normalized spacial score (nSPS) is 12.0. The topological polar surface area (TPSA) is 108 Å². The summed E-state index contributed by atoms with van der Waals surface area (Å²) in [4.78, 5) is 19.8. The number of ether oxygens (including phenoxy) is 1. The smallest absolute Gasteiger partial charge is 0.248 e. The molecule has 20 heavy (non-hydrogen) atoms. The summed E-state index contributed by atoms with van der Waals surface area (Å²) in [6.45, 7) is 0. The molecule has 1 atom stereocenters. The second-order valence-electron chi connectivity index (χ2n) is 3.97. The highest BCUT2D eigenvalue weighted by Crippen LogP contribution is 2.17. The molecular weight excluding hydrogens is 284 g/mol. The molecule has 1 unspecified atom stereocenters. The van der Waals surface area contributed by atoms with E-state index in [9.17, 15) is 4.79 Å². The maximum atomic E-state index is 12.0. The van der Waals surface area contributed by atoms with Gasteiger partial charge in [-0.15, -0.1) is 0 Å². The Morgan fingerprint density at radius 2 is 2.30 bits per heavy atom. The summed E-state index contributed by atoms with van der Waals surface area (Å²) in [5.41, 5.74) is 6.41. The number of nitrogens with zero attached hydrogens (tertiary/aromatic N) is 4. The molecular formula is C11H13ClN6O2. The third-order valence-electron chi connectivity index (χ3n) is 2.48. The van der Waals surface area contributed by atoms with Crippen molar-refractivity contribution in [1.29, 1.82) is 0 Å². The Bertz CT molecular complexity index is 629. The van der Waals surface area contributed by atoms with E-state index in [4.69, 9.17) is 22.1 Å². The van der Waals surface area contributed by atoms with Gasteiger partial charge >= 0.3 is 0 Å². The first-order chi connectivity index (χ1) is 9.49. The van der Waals surface area contributed by atoms with Crippen LogP contribution in [0.1, 0.15) is 11.6 Å². The van der Waals surface area contributed by atoms with Crippen LogP contribution in [0.2, 0.25) is 5.15 Å². The summed E-state index contributed by atoms with van der Waals surface area (Å²) in [7, 11) is 3.17. The molecule has 0 radical (unpaired) electrons. The summed E-state index contributed by atoms with van der Waals surface area (Å²) in [6.07, 6.45) is 3.17. The van der Waals surface area contributed by atoms with Gasteiger partial charge < -0.3 is 10.5 Å². The fourth-order valence-electron chi connectivity index (χ4n) is 1.50. The van der Waals surface area contributed by atoms with Gasteiger partial charge in [0.15, 0.2) is 0 Å². The zero-order chi connectivity index (χ0) is 14.7. The van der Waals surface area contributed by atoms with Gasteiger partial charge in [-0.05, 0) is 0 Å². The van der Waals surface area contributed by atoms with Crippen molar-refractivity contribution in [3.63, 3.8) is 0 Å². The van der Waals surface area contributed by atoms with Crippen LogP contribution in [0.25, 0.3) is 0 Å². The van der Waals surface area contributed by atoms with Crippen molar-refractivity contribution in [2.24, 2.45) is 12.8 Å². The highest BCUT2D eigenvalue weighted by Gasteiger charge is 2.19. The number of nitrogens with one attached hydrogen (secondary N) is 1. The van der Waals surface area contributed by atoms with Gasteiger partial charge in [0, 0.05) is 24.9 Å². The van der Waals surface area contributed by atoms with Crippen LogP contribution in [0.15, 0.2) is 18.5 Å². The fourth-order valence-corrected chi connectivity index (χ4v) is 1.67. The SMILES string of the molecule is COc1cc(Cl)nc(NC(=O)C(N)c2cnn(C)c2)n1. The number of amides is 1. The van der Waals surface area contributed by atoms with Gasteiger partial charge in [0.2, 0.25) is 17.7 Å². The monoisotopic (exact) mass is 296 g/mol. The predicted octanol–water partition coefficient (Wildman–Crippen LogP) is 0.511. The van der Waals surface area contributed by atoms with Gasteiger partial charge in [-0.3, -0.25) is 14.8 Å². The highest BCUT2D eigenvalue weighted by atomic mass is 35.5. The second kappa shape index (κ2) is 5.85. The van der Waals surface area contributed by atoms with Gasteiger partial charge in [0.05, 0.1) is 13.3 Å². The Morgan fingerprint density at radius 1 is 1.55 bits per heavy atom. The Balaban J connectivity index is 2.13. The largest absolute Gasteiger partial charge is 0.481 e. The van der Waals surface area contributed by atoms with Crippen LogP contribution in [0.5, 0.6) is 5.88 Å². The molecule has 0 aromatic carbocycles. The van der Waals surface area contributed by atoms with E-state index in [1.54, 1.807) is 17.9 Å². The van der Waals surface area contributed by atoms with Crippen molar-refractivity contribution < 1.29 is 9.53 Å². The minimum absolute atomic E-state index is 0.0266. The molecule has 1 amide bonds. The third-order valence-corrected chi connectivity index (χ3v) is 2.68. The first-order valence-electron chi connectivity index (χ1n) is 5.63. The van der Waals surface area contributed by atoms with Crippen LogP contribution in [-0.4, -0.2) is 32.8 Å². The van der Waals surface area contributed by atoms with Crippen LogP contribution in [0, 0.1) is 0 Å². The average molecular weight is 297 g/mol. The molecule has 0 bridgehead atoms. The Labute approximate surface area is 119 Å². The highest BCUT2D eigenvalue weighted by molar-refractivity contribution is 6.29. The third kappa shape index (κ3) is 3.22. The van der Waals surface area contributed by atoms with Crippen LogP contribution < -0.4 is 15.8 Å². The van der Waals surface area contributed by atoms with Crippen LogP contribution in [0.3, 0.4) is 0 Å². The van der Waals surface area contributed by atoms with E-state index in [0.717, 1.165) is 0 Å². The molecule has 2 rings (SSSR count). The maximum absolute atomic E-state index is 12.0. The van der Waals surface area contributed by atoms with E-state index < -0.39 is 11.9 Å². The molecule has 0 spiro atoms. The first kappa shape index (κ1) is 14.2. The Morgan fingerprint density at radius 3 is 2.90 bits per heavy atom. The quantitative estimate of drug-likeness (QED) is 0.796. The number of carbonyl (C=O) groups excluding carboxylic acids is 1. The first-order valence-corrected chi connectivity index (χ1v) is 6.01. The number of nitrogens with two attached hydrogens (primary N) is 1. The molecule has 2 aromatic heterocycles.